The number of halogens is 1. The normalized spacial score (nSPS) is 11.4. The van der Waals surface area contributed by atoms with E-state index in [1.54, 1.807) is 24.3 Å². The van der Waals surface area contributed by atoms with E-state index in [0.29, 0.717) is 10.6 Å². The third kappa shape index (κ3) is 6.38. The molecule has 0 radical (unpaired) electrons. The number of rotatable bonds is 8. The van der Waals surface area contributed by atoms with Crippen molar-refractivity contribution in [2.45, 2.75) is 12.5 Å². The molecule has 1 unspecified atom stereocenters. The number of primary amides is 1. The van der Waals surface area contributed by atoms with E-state index in [1.165, 1.54) is 11.3 Å². The zero-order valence-electron chi connectivity index (χ0n) is 13.8. The fourth-order valence-corrected chi connectivity index (χ4v) is 3.13. The molecule has 1 aromatic carbocycles. The summed E-state index contributed by atoms with van der Waals surface area (Å²) in [5.41, 5.74) is 5.65. The summed E-state index contributed by atoms with van der Waals surface area (Å²) in [6.07, 6.45) is 0.0641. The van der Waals surface area contributed by atoms with E-state index >= 15 is 0 Å². The monoisotopic (exact) mass is 394 g/mol. The number of urea groups is 1. The van der Waals surface area contributed by atoms with Crippen molar-refractivity contribution in [3.8, 4) is 0 Å². The molecular weight excluding hydrogens is 376 g/mol. The maximum atomic E-state index is 12.1. The minimum absolute atomic E-state index is 0.0641. The standard InChI is InChI=1S/C17H19ClN4O3S/c18-12-5-3-11(4-6-12)16(24)21-8-7-20-15(23)10-13(22-17(19)25)14-2-1-9-26-14/h1-6,9,13H,7-8,10H2,(H,20,23)(H,21,24)(H3,19,22,25). The molecule has 0 fully saturated rings. The van der Waals surface area contributed by atoms with Gasteiger partial charge in [0.05, 0.1) is 12.5 Å². The van der Waals surface area contributed by atoms with Crippen molar-refractivity contribution in [1.29, 1.82) is 0 Å². The molecule has 138 valence electrons. The van der Waals surface area contributed by atoms with Crippen LogP contribution >= 0.6 is 22.9 Å². The van der Waals surface area contributed by atoms with Crippen LogP contribution in [0.2, 0.25) is 5.02 Å². The summed E-state index contributed by atoms with van der Waals surface area (Å²) >= 11 is 7.20. The molecule has 26 heavy (non-hydrogen) atoms. The zero-order chi connectivity index (χ0) is 18.9. The van der Waals surface area contributed by atoms with Crippen LogP contribution < -0.4 is 21.7 Å². The first-order valence-corrected chi connectivity index (χ1v) is 9.11. The van der Waals surface area contributed by atoms with Crippen LogP contribution in [0, 0.1) is 0 Å². The molecule has 2 aromatic rings. The number of carbonyl (C=O) groups excluding carboxylic acids is 3. The lowest BCUT2D eigenvalue weighted by atomic mass is 10.1. The van der Waals surface area contributed by atoms with E-state index in [-0.39, 0.29) is 31.3 Å². The number of hydrogen-bond acceptors (Lipinski definition) is 4. The van der Waals surface area contributed by atoms with Gasteiger partial charge in [-0.1, -0.05) is 17.7 Å². The molecule has 0 aliphatic rings. The SMILES string of the molecule is NC(=O)NC(CC(=O)NCCNC(=O)c1ccc(Cl)cc1)c1cccs1. The largest absolute Gasteiger partial charge is 0.354 e. The van der Waals surface area contributed by atoms with Crippen molar-refractivity contribution in [2.75, 3.05) is 13.1 Å². The Morgan fingerprint density at radius 3 is 2.38 bits per heavy atom. The van der Waals surface area contributed by atoms with Crippen molar-refractivity contribution in [3.63, 3.8) is 0 Å². The maximum Gasteiger partial charge on any atom is 0.312 e. The van der Waals surface area contributed by atoms with Gasteiger partial charge in [0.1, 0.15) is 0 Å². The second-order valence-electron chi connectivity index (χ2n) is 5.39. The number of thiophene rings is 1. The van der Waals surface area contributed by atoms with E-state index in [4.69, 9.17) is 17.3 Å². The molecule has 0 spiro atoms. The Bertz CT molecular complexity index is 750. The van der Waals surface area contributed by atoms with Crippen molar-refractivity contribution < 1.29 is 14.4 Å². The molecule has 0 aliphatic carbocycles. The maximum absolute atomic E-state index is 12.1. The molecule has 0 bridgehead atoms. The lowest BCUT2D eigenvalue weighted by Gasteiger charge is -2.16. The van der Waals surface area contributed by atoms with Gasteiger partial charge in [-0.15, -0.1) is 11.3 Å². The molecule has 1 atom stereocenters. The van der Waals surface area contributed by atoms with Crippen LogP contribution in [0.15, 0.2) is 41.8 Å². The molecule has 1 aromatic heterocycles. The zero-order valence-corrected chi connectivity index (χ0v) is 15.4. The summed E-state index contributed by atoms with van der Waals surface area (Å²) in [6, 6.07) is 9.01. The average Bonchev–Trinajstić information content (AvgIpc) is 3.13. The number of nitrogens with one attached hydrogen (secondary N) is 3. The molecular formula is C17H19ClN4O3S. The third-order valence-electron chi connectivity index (χ3n) is 3.43. The predicted octanol–water partition coefficient (Wildman–Crippen LogP) is 2.05. The molecule has 9 heteroatoms. The summed E-state index contributed by atoms with van der Waals surface area (Å²) in [4.78, 5) is 35.9. The molecule has 0 saturated heterocycles. The van der Waals surface area contributed by atoms with Gasteiger partial charge in [-0.05, 0) is 35.7 Å². The predicted molar refractivity (Wildman–Crippen MR) is 101 cm³/mol. The van der Waals surface area contributed by atoms with E-state index in [0.717, 1.165) is 4.88 Å². The van der Waals surface area contributed by atoms with Gasteiger partial charge in [0, 0.05) is 28.6 Å². The van der Waals surface area contributed by atoms with E-state index in [2.05, 4.69) is 16.0 Å². The topological polar surface area (TPSA) is 113 Å². The lowest BCUT2D eigenvalue weighted by Crippen LogP contribution is -2.38. The highest BCUT2D eigenvalue weighted by Gasteiger charge is 2.18. The van der Waals surface area contributed by atoms with Gasteiger partial charge in [-0.25, -0.2) is 4.79 Å². The Balaban J connectivity index is 1.74. The van der Waals surface area contributed by atoms with Crippen LogP contribution in [0.5, 0.6) is 0 Å². The summed E-state index contributed by atoms with van der Waals surface area (Å²) < 4.78 is 0. The van der Waals surface area contributed by atoms with Crippen LogP contribution in [0.1, 0.15) is 27.7 Å². The lowest BCUT2D eigenvalue weighted by molar-refractivity contribution is -0.121. The Morgan fingerprint density at radius 1 is 1.08 bits per heavy atom. The van der Waals surface area contributed by atoms with E-state index < -0.39 is 12.1 Å². The van der Waals surface area contributed by atoms with Gasteiger partial charge in [0.15, 0.2) is 0 Å². The first kappa shape index (κ1) is 19.7. The second-order valence-corrected chi connectivity index (χ2v) is 6.81. The third-order valence-corrected chi connectivity index (χ3v) is 4.67. The van der Waals surface area contributed by atoms with Crippen LogP contribution in [0.4, 0.5) is 4.79 Å². The summed E-state index contributed by atoms with van der Waals surface area (Å²) in [6.45, 7) is 0.548. The van der Waals surface area contributed by atoms with Crippen molar-refractivity contribution >= 4 is 40.8 Å². The Kier molecular flexibility index (Phi) is 7.43. The Labute approximate surface area is 159 Å². The number of nitrogens with two attached hydrogens (primary N) is 1. The van der Waals surface area contributed by atoms with E-state index in [1.807, 2.05) is 17.5 Å². The molecule has 1 heterocycles. The van der Waals surface area contributed by atoms with E-state index in [9.17, 15) is 14.4 Å². The summed E-state index contributed by atoms with van der Waals surface area (Å²) in [5, 5.41) is 10.4. The fraction of sp³-hybridized carbons (Fsp3) is 0.235. The minimum Gasteiger partial charge on any atom is -0.354 e. The summed E-state index contributed by atoms with van der Waals surface area (Å²) in [7, 11) is 0. The first-order valence-electron chi connectivity index (χ1n) is 7.85. The second kappa shape index (κ2) is 9.79. The Hall–Kier alpha value is -2.58. The van der Waals surface area contributed by atoms with Gasteiger partial charge in [0.2, 0.25) is 5.91 Å². The van der Waals surface area contributed by atoms with Gasteiger partial charge in [-0.2, -0.15) is 0 Å². The smallest absolute Gasteiger partial charge is 0.312 e. The van der Waals surface area contributed by atoms with Crippen LogP contribution in [0.25, 0.3) is 0 Å². The number of benzene rings is 1. The van der Waals surface area contributed by atoms with Gasteiger partial charge >= 0.3 is 6.03 Å². The quantitative estimate of drug-likeness (QED) is 0.514. The number of amides is 4. The van der Waals surface area contributed by atoms with Crippen molar-refractivity contribution in [2.24, 2.45) is 5.73 Å². The molecule has 2 rings (SSSR count). The summed E-state index contributed by atoms with van der Waals surface area (Å²) in [5.74, 6) is -0.499. The molecule has 5 N–H and O–H groups in total. The molecule has 4 amide bonds. The van der Waals surface area contributed by atoms with Crippen molar-refractivity contribution in [3.05, 3.63) is 57.2 Å². The Morgan fingerprint density at radius 2 is 1.77 bits per heavy atom. The molecule has 0 aliphatic heterocycles. The minimum atomic E-state index is -0.688. The highest BCUT2D eigenvalue weighted by atomic mass is 35.5. The highest BCUT2D eigenvalue weighted by molar-refractivity contribution is 7.10. The molecule has 7 nitrogen and oxygen atoms in total. The van der Waals surface area contributed by atoms with Gasteiger partial charge in [-0.3, -0.25) is 9.59 Å². The molecule has 0 saturated carbocycles. The van der Waals surface area contributed by atoms with Crippen molar-refractivity contribution in [1.82, 2.24) is 16.0 Å². The van der Waals surface area contributed by atoms with Crippen LogP contribution in [-0.4, -0.2) is 30.9 Å². The number of carbonyl (C=O) groups is 3. The van der Waals surface area contributed by atoms with Gasteiger partial charge < -0.3 is 21.7 Å². The fourth-order valence-electron chi connectivity index (χ4n) is 2.22. The van der Waals surface area contributed by atoms with Crippen LogP contribution in [0.3, 0.4) is 0 Å². The number of hydrogen-bond donors (Lipinski definition) is 4. The van der Waals surface area contributed by atoms with Gasteiger partial charge in [0.25, 0.3) is 5.91 Å². The first-order chi connectivity index (χ1) is 12.5. The van der Waals surface area contributed by atoms with Crippen LogP contribution in [-0.2, 0) is 4.79 Å². The highest BCUT2D eigenvalue weighted by Crippen LogP contribution is 2.21. The average molecular weight is 395 g/mol.